The van der Waals surface area contributed by atoms with Crippen LogP contribution >= 0.6 is 34.8 Å². The first-order valence-corrected chi connectivity index (χ1v) is 6.33. The fourth-order valence-corrected chi connectivity index (χ4v) is 2.16. The minimum Gasteiger partial charge on any atom is -0.379 e. The zero-order chi connectivity index (χ0) is 13.1. The van der Waals surface area contributed by atoms with Gasteiger partial charge in [-0.15, -0.1) is 0 Å². The van der Waals surface area contributed by atoms with E-state index < -0.39 is 5.82 Å². The lowest BCUT2D eigenvalue weighted by Crippen LogP contribution is -2.01. The van der Waals surface area contributed by atoms with Gasteiger partial charge in [0.25, 0.3) is 0 Å². The van der Waals surface area contributed by atoms with Gasteiger partial charge in [0, 0.05) is 6.54 Å². The number of hydrogen-bond donors (Lipinski definition) is 1. The number of benzene rings is 2. The monoisotopic (exact) mass is 303 g/mol. The average molecular weight is 305 g/mol. The lowest BCUT2D eigenvalue weighted by atomic mass is 10.2. The minimum atomic E-state index is -0.443. The molecule has 0 radical (unpaired) electrons. The van der Waals surface area contributed by atoms with E-state index in [2.05, 4.69) is 5.32 Å². The molecule has 1 nitrogen and oxygen atoms in total. The summed E-state index contributed by atoms with van der Waals surface area (Å²) in [7, 11) is 0. The Morgan fingerprint density at radius 1 is 0.944 bits per heavy atom. The largest absolute Gasteiger partial charge is 0.379 e. The van der Waals surface area contributed by atoms with Crippen molar-refractivity contribution in [3.8, 4) is 0 Å². The molecule has 2 aromatic rings. The maximum Gasteiger partial charge on any atom is 0.142 e. The number of nitrogens with one attached hydrogen (secondary N) is 1. The second-order valence-corrected chi connectivity index (χ2v) is 4.92. The Labute approximate surface area is 119 Å². The summed E-state index contributed by atoms with van der Waals surface area (Å²) in [5, 5.41) is 4.23. The molecule has 0 spiro atoms. The number of anilines is 1. The molecule has 2 aromatic carbocycles. The van der Waals surface area contributed by atoms with Gasteiger partial charge < -0.3 is 5.32 Å². The van der Waals surface area contributed by atoms with Gasteiger partial charge in [-0.25, -0.2) is 4.39 Å². The van der Waals surface area contributed by atoms with Gasteiger partial charge in [0.2, 0.25) is 0 Å². The Kier molecular flexibility index (Phi) is 4.33. The summed E-state index contributed by atoms with van der Waals surface area (Å²) in [6.07, 6.45) is 0. The average Bonchev–Trinajstić information content (AvgIpc) is 2.33. The molecule has 0 aromatic heterocycles. The van der Waals surface area contributed by atoms with Crippen molar-refractivity contribution in [2.75, 3.05) is 5.32 Å². The van der Waals surface area contributed by atoms with Crippen LogP contribution in [0.1, 0.15) is 5.56 Å². The van der Waals surface area contributed by atoms with E-state index in [1.165, 1.54) is 12.1 Å². The molecule has 0 bridgehead atoms. The summed E-state index contributed by atoms with van der Waals surface area (Å²) in [6, 6.07) is 9.86. The van der Waals surface area contributed by atoms with Gasteiger partial charge in [-0.2, -0.15) is 0 Å². The highest BCUT2D eigenvalue weighted by Gasteiger charge is 2.06. The minimum absolute atomic E-state index is 0.106. The molecule has 94 valence electrons. The van der Waals surface area contributed by atoms with Crippen molar-refractivity contribution in [1.29, 1.82) is 0 Å². The standard InChI is InChI=1S/C13H9Cl3FN/c14-9-5-4-8(6-12(9)17)7-18-13-10(15)2-1-3-11(13)16/h1-6,18H,7H2. The van der Waals surface area contributed by atoms with Crippen molar-refractivity contribution < 1.29 is 4.39 Å². The number of hydrogen-bond acceptors (Lipinski definition) is 1. The van der Waals surface area contributed by atoms with Gasteiger partial charge in [0.1, 0.15) is 5.82 Å². The van der Waals surface area contributed by atoms with E-state index >= 15 is 0 Å². The first-order chi connectivity index (χ1) is 8.58. The van der Waals surface area contributed by atoms with Gasteiger partial charge in [-0.1, -0.05) is 46.9 Å². The van der Waals surface area contributed by atoms with Crippen molar-refractivity contribution >= 4 is 40.5 Å². The summed E-state index contributed by atoms with van der Waals surface area (Å²) in [5.74, 6) is -0.443. The molecule has 0 heterocycles. The van der Waals surface area contributed by atoms with Gasteiger partial charge in [0.15, 0.2) is 0 Å². The van der Waals surface area contributed by atoms with Crippen LogP contribution in [0.3, 0.4) is 0 Å². The highest BCUT2D eigenvalue weighted by molar-refractivity contribution is 6.39. The smallest absolute Gasteiger partial charge is 0.142 e. The second-order valence-electron chi connectivity index (χ2n) is 3.70. The van der Waals surface area contributed by atoms with Gasteiger partial charge in [0.05, 0.1) is 20.8 Å². The summed E-state index contributed by atoms with van der Waals surface area (Å²) >= 11 is 17.6. The Bertz CT molecular complexity index is 552. The molecule has 0 amide bonds. The van der Waals surface area contributed by atoms with Crippen LogP contribution in [0.25, 0.3) is 0 Å². The molecular formula is C13H9Cl3FN. The van der Waals surface area contributed by atoms with Gasteiger partial charge >= 0.3 is 0 Å². The Hall–Kier alpha value is -0.960. The molecule has 5 heteroatoms. The fourth-order valence-electron chi connectivity index (χ4n) is 1.51. The summed E-state index contributed by atoms with van der Waals surface area (Å²) < 4.78 is 13.3. The fraction of sp³-hybridized carbons (Fsp3) is 0.0769. The van der Waals surface area contributed by atoms with Crippen LogP contribution in [0.5, 0.6) is 0 Å². The van der Waals surface area contributed by atoms with E-state index in [0.29, 0.717) is 22.3 Å². The Morgan fingerprint density at radius 3 is 2.22 bits per heavy atom. The van der Waals surface area contributed by atoms with Crippen molar-refractivity contribution in [1.82, 2.24) is 0 Å². The first kappa shape index (κ1) is 13.5. The molecule has 0 saturated carbocycles. The normalized spacial score (nSPS) is 10.4. The molecule has 0 aliphatic carbocycles. The molecule has 18 heavy (non-hydrogen) atoms. The maximum atomic E-state index is 13.3. The third-order valence-electron chi connectivity index (χ3n) is 2.42. The molecular weight excluding hydrogens is 296 g/mol. The van der Waals surface area contributed by atoms with Crippen molar-refractivity contribution in [3.05, 3.63) is 62.8 Å². The van der Waals surface area contributed by atoms with Crippen molar-refractivity contribution in [2.24, 2.45) is 0 Å². The molecule has 0 saturated heterocycles. The molecule has 0 atom stereocenters. The molecule has 2 rings (SSSR count). The van der Waals surface area contributed by atoms with Crippen LogP contribution in [0.15, 0.2) is 36.4 Å². The van der Waals surface area contributed by atoms with Gasteiger partial charge in [-0.3, -0.25) is 0 Å². The van der Waals surface area contributed by atoms with Crippen molar-refractivity contribution in [3.63, 3.8) is 0 Å². The first-order valence-electron chi connectivity index (χ1n) is 5.20. The third kappa shape index (κ3) is 3.08. The predicted octanol–water partition coefficient (Wildman–Crippen LogP) is 5.40. The summed E-state index contributed by atoms with van der Waals surface area (Å²) in [5.41, 5.74) is 1.39. The van der Waals surface area contributed by atoms with Crippen LogP contribution in [-0.2, 0) is 6.54 Å². The molecule has 0 aliphatic rings. The van der Waals surface area contributed by atoms with E-state index in [9.17, 15) is 4.39 Å². The highest BCUT2D eigenvalue weighted by Crippen LogP contribution is 2.30. The van der Waals surface area contributed by atoms with Crippen LogP contribution in [-0.4, -0.2) is 0 Å². The van der Waals surface area contributed by atoms with E-state index in [1.54, 1.807) is 24.3 Å². The zero-order valence-corrected chi connectivity index (χ0v) is 11.5. The summed E-state index contributed by atoms with van der Waals surface area (Å²) in [4.78, 5) is 0. The molecule has 1 N–H and O–H groups in total. The summed E-state index contributed by atoms with van der Waals surface area (Å²) in [6.45, 7) is 0.414. The van der Waals surface area contributed by atoms with Crippen LogP contribution in [0.4, 0.5) is 10.1 Å². The number of para-hydroxylation sites is 1. The van der Waals surface area contributed by atoms with Crippen molar-refractivity contribution in [2.45, 2.75) is 6.54 Å². The molecule has 0 aliphatic heterocycles. The quantitative estimate of drug-likeness (QED) is 0.800. The molecule has 0 unspecified atom stereocenters. The van der Waals surface area contributed by atoms with Gasteiger partial charge in [-0.05, 0) is 29.8 Å². The Balaban J connectivity index is 2.14. The van der Waals surface area contributed by atoms with E-state index in [-0.39, 0.29) is 5.02 Å². The zero-order valence-electron chi connectivity index (χ0n) is 9.18. The number of halogens is 4. The molecule has 0 fully saturated rings. The van der Waals surface area contributed by atoms with Crippen LogP contribution in [0.2, 0.25) is 15.1 Å². The predicted molar refractivity (Wildman–Crippen MR) is 75.2 cm³/mol. The highest BCUT2D eigenvalue weighted by atomic mass is 35.5. The van der Waals surface area contributed by atoms with Crippen LogP contribution in [0, 0.1) is 5.82 Å². The Morgan fingerprint density at radius 2 is 1.61 bits per heavy atom. The third-order valence-corrected chi connectivity index (χ3v) is 3.35. The van der Waals surface area contributed by atoms with E-state index in [4.69, 9.17) is 34.8 Å². The number of rotatable bonds is 3. The maximum absolute atomic E-state index is 13.3. The lowest BCUT2D eigenvalue weighted by Gasteiger charge is -2.10. The SMILES string of the molecule is Fc1cc(CNc2c(Cl)cccc2Cl)ccc1Cl. The van der Waals surface area contributed by atoms with E-state index in [0.717, 1.165) is 5.56 Å². The van der Waals surface area contributed by atoms with E-state index in [1.807, 2.05) is 0 Å². The van der Waals surface area contributed by atoms with Crippen LogP contribution < -0.4 is 5.32 Å². The topological polar surface area (TPSA) is 12.0 Å². The lowest BCUT2D eigenvalue weighted by molar-refractivity contribution is 0.626. The second kappa shape index (κ2) is 5.79.